The lowest BCUT2D eigenvalue weighted by atomic mass is 9.98. The SMILES string of the molecule is C[C@@H]1CN(C(=O)C[NH+]2CCC[C@H](c3nc4ccccc4s3)C2)C[C@@H](C)O1. The highest BCUT2D eigenvalue weighted by Crippen LogP contribution is 2.30. The van der Waals surface area contributed by atoms with Crippen LogP contribution in [0.5, 0.6) is 0 Å². The van der Waals surface area contributed by atoms with Crippen LogP contribution in [0.1, 0.15) is 37.6 Å². The van der Waals surface area contributed by atoms with Crippen LogP contribution in [0, 0.1) is 0 Å². The number of nitrogens with one attached hydrogen (secondary N) is 1. The van der Waals surface area contributed by atoms with Crippen LogP contribution >= 0.6 is 11.3 Å². The van der Waals surface area contributed by atoms with Crippen molar-refractivity contribution in [3.8, 4) is 0 Å². The van der Waals surface area contributed by atoms with Crippen LogP contribution in [0.25, 0.3) is 10.2 Å². The second-order valence-corrected chi connectivity index (χ2v) is 8.86. The number of para-hydroxylation sites is 1. The van der Waals surface area contributed by atoms with Crippen LogP contribution in [-0.2, 0) is 9.53 Å². The Morgan fingerprint density at radius 1 is 1.31 bits per heavy atom. The average molecular weight is 375 g/mol. The largest absolute Gasteiger partial charge is 0.372 e. The number of fused-ring (bicyclic) bond motifs is 1. The molecule has 1 amide bonds. The minimum absolute atomic E-state index is 0.134. The Morgan fingerprint density at radius 3 is 2.85 bits per heavy atom. The maximum absolute atomic E-state index is 12.8. The van der Waals surface area contributed by atoms with Crippen LogP contribution in [0.4, 0.5) is 0 Å². The summed E-state index contributed by atoms with van der Waals surface area (Å²) >= 11 is 1.82. The number of benzene rings is 1. The van der Waals surface area contributed by atoms with Gasteiger partial charge < -0.3 is 14.5 Å². The predicted octanol–water partition coefficient (Wildman–Crippen LogP) is 1.69. The second-order valence-electron chi connectivity index (χ2n) is 7.80. The van der Waals surface area contributed by atoms with Crippen LogP contribution in [0.2, 0.25) is 0 Å². The molecule has 6 heteroatoms. The van der Waals surface area contributed by atoms with E-state index >= 15 is 0 Å². The van der Waals surface area contributed by atoms with E-state index in [-0.39, 0.29) is 18.1 Å². The molecule has 5 nitrogen and oxygen atoms in total. The number of thiazole rings is 1. The van der Waals surface area contributed by atoms with E-state index < -0.39 is 0 Å². The summed E-state index contributed by atoms with van der Waals surface area (Å²) in [5.74, 6) is 0.749. The van der Waals surface area contributed by atoms with Crippen LogP contribution in [-0.4, -0.2) is 60.7 Å². The number of amides is 1. The molecular formula is C20H28N3O2S+. The number of carbonyl (C=O) groups excluding carboxylic acids is 1. The second kappa shape index (κ2) is 7.62. The lowest BCUT2D eigenvalue weighted by Crippen LogP contribution is -3.14. The highest BCUT2D eigenvalue weighted by molar-refractivity contribution is 7.18. The first-order chi connectivity index (χ1) is 12.6. The minimum Gasteiger partial charge on any atom is -0.372 e. The molecular weight excluding hydrogens is 346 g/mol. The van der Waals surface area contributed by atoms with Gasteiger partial charge in [0.1, 0.15) is 5.01 Å². The normalized spacial score (nSPS) is 29.8. The first-order valence-corrected chi connectivity index (χ1v) is 10.5. The van der Waals surface area contributed by atoms with Crippen molar-refractivity contribution in [2.45, 2.75) is 44.8 Å². The van der Waals surface area contributed by atoms with Gasteiger partial charge in [0.05, 0.1) is 41.4 Å². The Kier molecular flexibility index (Phi) is 5.25. The van der Waals surface area contributed by atoms with Crippen molar-refractivity contribution in [2.75, 3.05) is 32.7 Å². The predicted molar refractivity (Wildman–Crippen MR) is 104 cm³/mol. The molecule has 2 saturated heterocycles. The summed E-state index contributed by atoms with van der Waals surface area (Å²) in [5.41, 5.74) is 1.10. The number of hydrogen-bond acceptors (Lipinski definition) is 4. The van der Waals surface area contributed by atoms with E-state index in [4.69, 9.17) is 9.72 Å². The number of likely N-dealkylation sites (tertiary alicyclic amines) is 1. The van der Waals surface area contributed by atoms with Crippen LogP contribution < -0.4 is 4.90 Å². The maximum atomic E-state index is 12.8. The number of rotatable bonds is 3. The number of piperidine rings is 1. The molecule has 1 N–H and O–H groups in total. The van der Waals surface area contributed by atoms with Gasteiger partial charge in [-0.3, -0.25) is 4.79 Å². The van der Waals surface area contributed by atoms with Gasteiger partial charge in [-0.05, 0) is 38.8 Å². The quantitative estimate of drug-likeness (QED) is 0.889. The first-order valence-electron chi connectivity index (χ1n) is 9.70. The van der Waals surface area contributed by atoms with E-state index in [2.05, 4.69) is 18.2 Å². The molecule has 2 aliphatic rings. The molecule has 2 aromatic rings. The summed E-state index contributed by atoms with van der Waals surface area (Å²) in [4.78, 5) is 21.0. The molecule has 0 aliphatic carbocycles. The Balaban J connectivity index is 1.39. The molecule has 3 heterocycles. The molecule has 26 heavy (non-hydrogen) atoms. The molecule has 2 aliphatic heterocycles. The van der Waals surface area contributed by atoms with Crippen LogP contribution in [0.15, 0.2) is 24.3 Å². The number of aromatic nitrogens is 1. The highest BCUT2D eigenvalue weighted by atomic mass is 32.1. The van der Waals surface area contributed by atoms with Gasteiger partial charge in [-0.2, -0.15) is 0 Å². The summed E-state index contributed by atoms with van der Waals surface area (Å²) in [6.07, 6.45) is 2.62. The fourth-order valence-corrected chi connectivity index (χ4v) is 5.40. The van der Waals surface area contributed by atoms with Crippen molar-refractivity contribution >= 4 is 27.5 Å². The molecule has 2 fully saturated rings. The van der Waals surface area contributed by atoms with Crippen molar-refractivity contribution in [3.05, 3.63) is 29.3 Å². The van der Waals surface area contributed by atoms with Crippen molar-refractivity contribution in [1.82, 2.24) is 9.88 Å². The Morgan fingerprint density at radius 2 is 2.08 bits per heavy atom. The third-order valence-corrected chi connectivity index (χ3v) is 6.65. The van der Waals surface area contributed by atoms with Crippen molar-refractivity contribution in [1.29, 1.82) is 0 Å². The van der Waals surface area contributed by atoms with E-state index in [1.54, 1.807) is 0 Å². The maximum Gasteiger partial charge on any atom is 0.277 e. The van der Waals surface area contributed by atoms with Gasteiger partial charge in [-0.15, -0.1) is 11.3 Å². The zero-order valence-electron chi connectivity index (χ0n) is 15.6. The first kappa shape index (κ1) is 17.9. The molecule has 140 valence electrons. The van der Waals surface area contributed by atoms with E-state index in [0.717, 1.165) is 31.7 Å². The Bertz CT molecular complexity index is 734. The molecule has 0 bridgehead atoms. The Hall–Kier alpha value is -1.50. The smallest absolute Gasteiger partial charge is 0.277 e. The van der Waals surface area contributed by atoms with Gasteiger partial charge in [0.15, 0.2) is 6.54 Å². The number of morpholine rings is 1. The fourth-order valence-electron chi connectivity index (χ4n) is 4.29. The van der Waals surface area contributed by atoms with Gasteiger partial charge >= 0.3 is 0 Å². The third-order valence-electron chi connectivity index (χ3n) is 5.45. The van der Waals surface area contributed by atoms with Gasteiger partial charge in [-0.25, -0.2) is 4.98 Å². The topological polar surface area (TPSA) is 46.9 Å². The van der Waals surface area contributed by atoms with Crippen LogP contribution in [0.3, 0.4) is 0 Å². The number of nitrogens with zero attached hydrogens (tertiary/aromatic N) is 2. The number of ether oxygens (including phenoxy) is 1. The zero-order chi connectivity index (χ0) is 18.1. The van der Waals surface area contributed by atoms with Crippen molar-refractivity contribution in [2.24, 2.45) is 0 Å². The van der Waals surface area contributed by atoms with E-state index in [0.29, 0.717) is 12.5 Å². The number of quaternary nitrogens is 1. The van der Waals surface area contributed by atoms with E-state index in [1.807, 2.05) is 36.2 Å². The lowest BCUT2D eigenvalue weighted by Gasteiger charge is -2.36. The fraction of sp³-hybridized carbons (Fsp3) is 0.600. The van der Waals surface area contributed by atoms with Gasteiger partial charge in [-0.1, -0.05) is 12.1 Å². The zero-order valence-corrected chi connectivity index (χ0v) is 16.4. The third kappa shape index (κ3) is 3.92. The highest BCUT2D eigenvalue weighted by Gasteiger charge is 2.32. The van der Waals surface area contributed by atoms with E-state index in [9.17, 15) is 4.79 Å². The summed E-state index contributed by atoms with van der Waals surface area (Å²) in [6.45, 7) is 8.24. The number of hydrogen-bond donors (Lipinski definition) is 1. The molecule has 0 saturated carbocycles. The summed E-state index contributed by atoms with van der Waals surface area (Å²) in [7, 11) is 0. The van der Waals surface area contributed by atoms with Crippen molar-refractivity contribution in [3.63, 3.8) is 0 Å². The summed E-state index contributed by atoms with van der Waals surface area (Å²) in [6, 6.07) is 8.36. The van der Waals surface area contributed by atoms with E-state index in [1.165, 1.54) is 27.4 Å². The van der Waals surface area contributed by atoms with Gasteiger partial charge in [0.2, 0.25) is 0 Å². The Labute approximate surface area is 159 Å². The summed E-state index contributed by atoms with van der Waals surface area (Å²) < 4.78 is 7.02. The van der Waals surface area contributed by atoms with Crippen molar-refractivity contribution < 1.29 is 14.4 Å². The molecule has 4 atom stereocenters. The molecule has 1 aromatic carbocycles. The summed E-state index contributed by atoms with van der Waals surface area (Å²) in [5, 5.41) is 1.24. The molecule has 1 unspecified atom stereocenters. The molecule has 0 spiro atoms. The average Bonchev–Trinajstić information content (AvgIpc) is 3.05. The minimum atomic E-state index is 0.134. The monoisotopic (exact) mass is 374 g/mol. The number of carbonyl (C=O) groups is 1. The molecule has 1 aromatic heterocycles. The lowest BCUT2D eigenvalue weighted by molar-refractivity contribution is -0.898. The molecule has 4 rings (SSSR count). The standard InChI is InChI=1S/C20H27N3O2S/c1-14-10-23(11-15(2)25-14)19(24)13-22-9-5-6-16(12-22)20-21-17-7-3-4-8-18(17)26-20/h3-4,7-8,14-16H,5-6,9-13H2,1-2H3/p+1/t14-,15-,16+/m1/s1. The molecule has 0 radical (unpaired) electrons. The van der Waals surface area contributed by atoms with Gasteiger partial charge in [0, 0.05) is 13.1 Å². The van der Waals surface area contributed by atoms with Gasteiger partial charge in [0.25, 0.3) is 5.91 Å².